The summed E-state index contributed by atoms with van der Waals surface area (Å²) in [4.78, 5) is 14.9. The minimum absolute atomic E-state index is 0.193. The van der Waals surface area contributed by atoms with Crippen LogP contribution in [0.5, 0.6) is 0 Å². The molecule has 0 aliphatic carbocycles. The van der Waals surface area contributed by atoms with Crippen molar-refractivity contribution >= 4 is 16.8 Å². The Labute approximate surface area is 151 Å². The van der Waals surface area contributed by atoms with E-state index in [4.69, 9.17) is 4.42 Å². The summed E-state index contributed by atoms with van der Waals surface area (Å²) in [6, 6.07) is 9.04. The van der Waals surface area contributed by atoms with Crippen LogP contribution >= 0.6 is 0 Å². The fourth-order valence-corrected chi connectivity index (χ4v) is 4.05. The first-order valence-corrected chi connectivity index (χ1v) is 9.88. The third-order valence-electron chi connectivity index (χ3n) is 5.79. The summed E-state index contributed by atoms with van der Waals surface area (Å²) in [6.45, 7) is 8.79. The SMILES string of the molecule is CCC(CC)C(=O)Cc1ccc2oc(CCN3CCC[C@H]3C)cc2c1. The number of nitrogens with zero attached hydrogens (tertiary/aromatic N) is 1. The summed E-state index contributed by atoms with van der Waals surface area (Å²) in [7, 11) is 0. The molecular formula is C22H31NO2. The highest BCUT2D eigenvalue weighted by atomic mass is 16.3. The second-order valence-electron chi connectivity index (χ2n) is 7.52. The van der Waals surface area contributed by atoms with E-state index in [9.17, 15) is 4.79 Å². The Morgan fingerprint density at radius 3 is 2.76 bits per heavy atom. The molecule has 3 nitrogen and oxygen atoms in total. The fourth-order valence-electron chi connectivity index (χ4n) is 4.05. The number of rotatable bonds is 8. The van der Waals surface area contributed by atoms with E-state index in [1.165, 1.54) is 19.4 Å². The topological polar surface area (TPSA) is 33.5 Å². The van der Waals surface area contributed by atoms with Gasteiger partial charge in [0.15, 0.2) is 0 Å². The van der Waals surface area contributed by atoms with Crippen molar-refractivity contribution in [1.29, 1.82) is 0 Å². The molecule has 25 heavy (non-hydrogen) atoms. The molecule has 0 N–H and O–H groups in total. The van der Waals surface area contributed by atoms with E-state index in [2.05, 4.69) is 37.8 Å². The number of hydrogen-bond acceptors (Lipinski definition) is 3. The van der Waals surface area contributed by atoms with Crippen LogP contribution in [0.3, 0.4) is 0 Å². The van der Waals surface area contributed by atoms with Crippen LogP contribution in [0.25, 0.3) is 11.0 Å². The molecule has 0 amide bonds. The zero-order valence-electron chi connectivity index (χ0n) is 15.9. The number of carbonyl (C=O) groups excluding carboxylic acids is 1. The van der Waals surface area contributed by atoms with Gasteiger partial charge in [0, 0.05) is 36.7 Å². The molecule has 1 aliphatic rings. The quantitative estimate of drug-likeness (QED) is 0.677. The molecule has 1 aromatic heterocycles. The Balaban J connectivity index is 1.65. The lowest BCUT2D eigenvalue weighted by atomic mass is 9.93. The van der Waals surface area contributed by atoms with Gasteiger partial charge in [0.2, 0.25) is 0 Å². The summed E-state index contributed by atoms with van der Waals surface area (Å²) < 4.78 is 6.00. The number of furan rings is 1. The van der Waals surface area contributed by atoms with Gasteiger partial charge in [-0.15, -0.1) is 0 Å². The van der Waals surface area contributed by atoms with Gasteiger partial charge in [-0.05, 0) is 62.9 Å². The lowest BCUT2D eigenvalue weighted by Gasteiger charge is -2.19. The van der Waals surface area contributed by atoms with E-state index >= 15 is 0 Å². The Kier molecular flexibility index (Phi) is 5.95. The maximum Gasteiger partial charge on any atom is 0.140 e. The van der Waals surface area contributed by atoms with Crippen LogP contribution in [0.4, 0.5) is 0 Å². The van der Waals surface area contributed by atoms with Gasteiger partial charge < -0.3 is 9.32 Å². The summed E-state index contributed by atoms with van der Waals surface area (Å²) in [5.41, 5.74) is 2.04. The number of ketones is 1. The number of fused-ring (bicyclic) bond motifs is 1. The van der Waals surface area contributed by atoms with E-state index in [0.717, 1.165) is 48.1 Å². The van der Waals surface area contributed by atoms with Crippen LogP contribution in [0.15, 0.2) is 28.7 Å². The van der Waals surface area contributed by atoms with E-state index in [1.807, 2.05) is 12.1 Å². The van der Waals surface area contributed by atoms with Crippen LogP contribution in [-0.4, -0.2) is 29.8 Å². The molecule has 2 heterocycles. The number of likely N-dealkylation sites (tertiary alicyclic amines) is 1. The Bertz CT molecular complexity index is 714. The van der Waals surface area contributed by atoms with Crippen molar-refractivity contribution in [3.05, 3.63) is 35.6 Å². The molecule has 0 radical (unpaired) electrons. The van der Waals surface area contributed by atoms with Gasteiger partial charge >= 0.3 is 0 Å². The van der Waals surface area contributed by atoms with Crippen molar-refractivity contribution in [2.75, 3.05) is 13.1 Å². The van der Waals surface area contributed by atoms with Crippen LogP contribution in [0.2, 0.25) is 0 Å². The highest BCUT2D eigenvalue weighted by Crippen LogP contribution is 2.24. The van der Waals surface area contributed by atoms with Gasteiger partial charge in [0.25, 0.3) is 0 Å². The molecule has 0 bridgehead atoms. The first-order valence-electron chi connectivity index (χ1n) is 9.88. The zero-order valence-corrected chi connectivity index (χ0v) is 15.9. The summed E-state index contributed by atoms with van der Waals surface area (Å²) >= 11 is 0. The predicted octanol–water partition coefficient (Wildman–Crippen LogP) is 5.01. The predicted molar refractivity (Wildman–Crippen MR) is 103 cm³/mol. The van der Waals surface area contributed by atoms with E-state index < -0.39 is 0 Å². The van der Waals surface area contributed by atoms with Crippen molar-refractivity contribution in [2.24, 2.45) is 5.92 Å². The van der Waals surface area contributed by atoms with Gasteiger partial charge in [-0.3, -0.25) is 4.79 Å². The molecule has 0 spiro atoms. The zero-order chi connectivity index (χ0) is 17.8. The van der Waals surface area contributed by atoms with Crippen LogP contribution in [0, 0.1) is 5.92 Å². The maximum absolute atomic E-state index is 12.4. The van der Waals surface area contributed by atoms with Crippen molar-refractivity contribution in [3.63, 3.8) is 0 Å². The fraction of sp³-hybridized carbons (Fsp3) is 0.591. The maximum atomic E-state index is 12.4. The summed E-state index contributed by atoms with van der Waals surface area (Å²) in [6.07, 6.45) is 5.99. The molecule has 0 saturated carbocycles. The lowest BCUT2D eigenvalue weighted by Crippen LogP contribution is -2.28. The third kappa shape index (κ3) is 4.33. The third-order valence-corrected chi connectivity index (χ3v) is 5.79. The van der Waals surface area contributed by atoms with Gasteiger partial charge in [-0.25, -0.2) is 0 Å². The normalized spacial score (nSPS) is 18.5. The molecule has 2 aromatic rings. The molecule has 0 unspecified atom stereocenters. The number of hydrogen-bond donors (Lipinski definition) is 0. The average Bonchev–Trinajstić information content (AvgIpc) is 3.19. The van der Waals surface area contributed by atoms with Gasteiger partial charge in [-0.1, -0.05) is 19.9 Å². The standard InChI is InChI=1S/C22H31NO2/c1-4-18(5-2)21(24)14-17-8-9-22-19(13-17)15-20(25-22)10-12-23-11-6-7-16(23)3/h8-9,13,15-16,18H,4-7,10-12,14H2,1-3H3/t16-/m1/s1. The highest BCUT2D eigenvalue weighted by Gasteiger charge is 2.20. The van der Waals surface area contributed by atoms with Gasteiger partial charge in [0.1, 0.15) is 17.1 Å². The minimum Gasteiger partial charge on any atom is -0.461 e. The second kappa shape index (κ2) is 8.18. The Hall–Kier alpha value is -1.61. The molecular weight excluding hydrogens is 310 g/mol. The van der Waals surface area contributed by atoms with Crippen molar-refractivity contribution in [3.8, 4) is 0 Å². The summed E-state index contributed by atoms with van der Waals surface area (Å²) in [5, 5.41) is 1.12. The Morgan fingerprint density at radius 2 is 2.08 bits per heavy atom. The molecule has 1 aliphatic heterocycles. The number of benzene rings is 1. The molecule has 3 heteroatoms. The molecule has 136 valence electrons. The largest absolute Gasteiger partial charge is 0.461 e. The van der Waals surface area contributed by atoms with E-state index in [0.29, 0.717) is 18.2 Å². The van der Waals surface area contributed by atoms with Crippen molar-refractivity contribution in [1.82, 2.24) is 4.90 Å². The monoisotopic (exact) mass is 341 g/mol. The highest BCUT2D eigenvalue weighted by molar-refractivity contribution is 5.85. The molecule has 1 atom stereocenters. The smallest absolute Gasteiger partial charge is 0.140 e. The van der Waals surface area contributed by atoms with E-state index in [1.54, 1.807) is 0 Å². The van der Waals surface area contributed by atoms with Crippen LogP contribution < -0.4 is 0 Å². The first-order chi connectivity index (χ1) is 12.1. The molecule has 1 saturated heterocycles. The van der Waals surface area contributed by atoms with Crippen molar-refractivity contribution in [2.45, 2.75) is 65.3 Å². The second-order valence-corrected chi connectivity index (χ2v) is 7.52. The van der Waals surface area contributed by atoms with Gasteiger partial charge in [0.05, 0.1) is 0 Å². The van der Waals surface area contributed by atoms with E-state index in [-0.39, 0.29) is 5.92 Å². The van der Waals surface area contributed by atoms with Gasteiger partial charge in [-0.2, -0.15) is 0 Å². The number of carbonyl (C=O) groups is 1. The van der Waals surface area contributed by atoms with Crippen LogP contribution in [-0.2, 0) is 17.6 Å². The lowest BCUT2D eigenvalue weighted by molar-refractivity contribution is -0.122. The first kappa shape index (κ1) is 18.2. The summed E-state index contributed by atoms with van der Waals surface area (Å²) in [5.74, 6) is 1.60. The minimum atomic E-state index is 0.193. The molecule has 1 aromatic carbocycles. The van der Waals surface area contributed by atoms with Crippen LogP contribution in [0.1, 0.15) is 57.8 Å². The average molecular weight is 341 g/mol. The molecule has 3 rings (SSSR count). The molecule has 1 fully saturated rings. The number of Topliss-reactive ketones (excluding diaryl/α,β-unsaturated/α-hetero) is 1. The Morgan fingerprint density at radius 1 is 1.28 bits per heavy atom. The van der Waals surface area contributed by atoms with Crippen molar-refractivity contribution < 1.29 is 9.21 Å².